The summed E-state index contributed by atoms with van der Waals surface area (Å²) in [5, 5.41) is 23.0. The summed E-state index contributed by atoms with van der Waals surface area (Å²) in [5.74, 6) is -3.64. The van der Waals surface area contributed by atoms with Crippen molar-refractivity contribution in [2.75, 3.05) is 0 Å². The van der Waals surface area contributed by atoms with Gasteiger partial charge in [-0.05, 0) is 43.5 Å². The Bertz CT molecular complexity index is 1520. The number of hydrogen-bond donors (Lipinski definition) is 2. The Morgan fingerprint density at radius 1 is 1.14 bits per heavy atom. The maximum atomic E-state index is 15.5. The predicted molar refractivity (Wildman–Crippen MR) is 138 cm³/mol. The molecule has 0 saturated heterocycles. The van der Waals surface area contributed by atoms with E-state index in [4.69, 9.17) is 16.7 Å². The molecule has 12 heteroatoms. The molecule has 2 aromatic carbocycles. The fourth-order valence-electron chi connectivity index (χ4n) is 4.25. The summed E-state index contributed by atoms with van der Waals surface area (Å²) >= 11 is 7.21. The van der Waals surface area contributed by atoms with Gasteiger partial charge in [0.2, 0.25) is 0 Å². The zero-order valence-electron chi connectivity index (χ0n) is 18.7. The van der Waals surface area contributed by atoms with Gasteiger partial charge in [-0.2, -0.15) is 5.10 Å². The number of nitrogens with zero attached hydrogens (tertiary/aromatic N) is 3. The van der Waals surface area contributed by atoms with Gasteiger partial charge in [-0.25, -0.2) is 13.6 Å². The topological polar surface area (TPSA) is 97.3 Å². The number of aromatic carboxylic acids is 1. The second-order valence-corrected chi connectivity index (χ2v) is 10.0. The second kappa shape index (κ2) is 11.2. The van der Waals surface area contributed by atoms with Crippen molar-refractivity contribution in [1.82, 2.24) is 14.3 Å². The van der Waals surface area contributed by atoms with Gasteiger partial charge in [0.05, 0.1) is 28.0 Å². The molecule has 1 aliphatic rings. The molecule has 1 aliphatic carbocycles. The van der Waals surface area contributed by atoms with Crippen LogP contribution in [0.5, 0.6) is 0 Å². The molecule has 7 nitrogen and oxygen atoms in total. The Labute approximate surface area is 241 Å². The van der Waals surface area contributed by atoms with E-state index >= 15 is 8.78 Å². The van der Waals surface area contributed by atoms with Crippen LogP contribution in [0.25, 0.3) is 16.6 Å². The Kier molecular flexibility index (Phi) is 8.35. The van der Waals surface area contributed by atoms with Crippen molar-refractivity contribution in [3.05, 3.63) is 70.6 Å². The van der Waals surface area contributed by atoms with Gasteiger partial charge in [-0.3, -0.25) is 9.48 Å². The van der Waals surface area contributed by atoms with E-state index < -0.39 is 29.1 Å². The molecule has 2 heterocycles. The summed E-state index contributed by atoms with van der Waals surface area (Å²) in [6.45, 7) is 0.377. The molecular formula is C25H21ClF2N3NaO4S. The monoisotopic (exact) mass is 555 g/mol. The molecule has 1 fully saturated rings. The van der Waals surface area contributed by atoms with Crippen LogP contribution in [0.4, 0.5) is 8.78 Å². The Morgan fingerprint density at radius 2 is 1.89 bits per heavy atom. The Balaban J connectivity index is 0.00000320. The van der Waals surface area contributed by atoms with Gasteiger partial charge in [0.1, 0.15) is 0 Å². The van der Waals surface area contributed by atoms with E-state index in [-0.39, 0.29) is 57.3 Å². The van der Waals surface area contributed by atoms with Crippen molar-refractivity contribution in [3.8, 4) is 5.69 Å². The van der Waals surface area contributed by atoms with Gasteiger partial charge in [0, 0.05) is 46.0 Å². The fourth-order valence-corrected chi connectivity index (χ4v) is 5.61. The van der Waals surface area contributed by atoms with Gasteiger partial charge < -0.3 is 14.8 Å². The zero-order valence-corrected chi connectivity index (χ0v) is 20.3. The summed E-state index contributed by atoms with van der Waals surface area (Å²) in [4.78, 5) is 23.0. The summed E-state index contributed by atoms with van der Waals surface area (Å²) in [6, 6.07) is 7.30. The van der Waals surface area contributed by atoms with E-state index in [0.717, 1.165) is 30.3 Å². The van der Waals surface area contributed by atoms with E-state index in [1.807, 2.05) is 0 Å². The minimum atomic E-state index is -1.37. The standard InChI is InChI=1S/C25H20ClF2N3O4S.Na.H/c26-17-9-8-16-23(21(17)28)31(14-11-29-30(12-14)10-2-5-19(32)33)22(13-6-7-13)24(16)36-18-4-1-3-15(20(18)27)25(34)35;;/h1,3-4,8-9,11-13H,2,5-7,10H2,(H,32,33)(H,34,35);;. The first-order chi connectivity index (χ1) is 17.3. The summed E-state index contributed by atoms with van der Waals surface area (Å²) in [7, 11) is 0. The quantitative estimate of drug-likeness (QED) is 0.257. The SMILES string of the molecule is O=C(O)CCCn1cc(-n2c(C3CC3)c(Sc3cccc(C(=O)O)c3F)c3ccc(Cl)c(F)c32)cn1.[NaH]. The van der Waals surface area contributed by atoms with Crippen molar-refractivity contribution >= 4 is 75.8 Å². The first-order valence-corrected chi connectivity index (χ1v) is 12.4. The summed E-state index contributed by atoms with van der Waals surface area (Å²) in [6.07, 6.45) is 5.41. The van der Waals surface area contributed by atoms with E-state index in [0.29, 0.717) is 28.9 Å². The number of rotatable bonds is 9. The average Bonchev–Trinajstić information content (AvgIpc) is 3.47. The number of aliphatic carboxylic acids is 1. The average molecular weight is 556 g/mol. The molecule has 0 spiro atoms. The number of benzene rings is 2. The normalized spacial score (nSPS) is 13.1. The van der Waals surface area contributed by atoms with E-state index in [1.165, 1.54) is 24.3 Å². The molecule has 0 radical (unpaired) electrons. The second-order valence-electron chi connectivity index (χ2n) is 8.57. The first kappa shape index (κ1) is 27.7. The summed E-state index contributed by atoms with van der Waals surface area (Å²) in [5.41, 5.74) is 1.15. The molecule has 2 aromatic heterocycles. The first-order valence-electron chi connectivity index (χ1n) is 11.2. The molecule has 5 rings (SSSR count). The van der Waals surface area contributed by atoms with E-state index in [2.05, 4.69) is 5.10 Å². The van der Waals surface area contributed by atoms with Crippen molar-refractivity contribution in [2.24, 2.45) is 0 Å². The number of halogens is 3. The molecule has 37 heavy (non-hydrogen) atoms. The molecule has 2 N–H and O–H groups in total. The van der Waals surface area contributed by atoms with Crippen LogP contribution >= 0.6 is 23.4 Å². The van der Waals surface area contributed by atoms with Crippen LogP contribution in [-0.4, -0.2) is 66.1 Å². The molecule has 188 valence electrons. The number of carboxylic acids is 2. The number of carboxylic acid groups (broad SMARTS) is 2. The van der Waals surface area contributed by atoms with Crippen LogP contribution in [0.2, 0.25) is 5.02 Å². The van der Waals surface area contributed by atoms with Crippen LogP contribution in [0.15, 0.2) is 52.5 Å². The molecule has 0 amide bonds. The predicted octanol–water partition coefficient (Wildman–Crippen LogP) is 5.70. The van der Waals surface area contributed by atoms with Crippen LogP contribution in [0.1, 0.15) is 47.7 Å². The third-order valence-corrected chi connectivity index (χ3v) is 7.50. The van der Waals surface area contributed by atoms with Gasteiger partial charge in [-0.1, -0.05) is 29.4 Å². The molecule has 0 unspecified atom stereocenters. The minimum absolute atomic E-state index is 0. The van der Waals surface area contributed by atoms with Crippen LogP contribution in [-0.2, 0) is 11.3 Å². The van der Waals surface area contributed by atoms with Crippen molar-refractivity contribution < 1.29 is 28.6 Å². The van der Waals surface area contributed by atoms with Crippen LogP contribution < -0.4 is 0 Å². The van der Waals surface area contributed by atoms with E-state index in [9.17, 15) is 14.7 Å². The van der Waals surface area contributed by atoms with Crippen molar-refractivity contribution in [1.29, 1.82) is 0 Å². The molecule has 0 bridgehead atoms. The molecule has 1 saturated carbocycles. The van der Waals surface area contributed by atoms with E-state index in [1.54, 1.807) is 27.7 Å². The van der Waals surface area contributed by atoms with Gasteiger partial charge in [0.25, 0.3) is 0 Å². The number of hydrogen-bond acceptors (Lipinski definition) is 4. The Morgan fingerprint density at radius 3 is 2.57 bits per heavy atom. The van der Waals surface area contributed by atoms with Crippen molar-refractivity contribution in [2.45, 2.75) is 47.9 Å². The Hall–Kier alpha value is -2.37. The third kappa shape index (κ3) is 5.44. The van der Waals surface area contributed by atoms with Crippen LogP contribution in [0.3, 0.4) is 0 Å². The zero-order chi connectivity index (χ0) is 25.6. The molecule has 0 aliphatic heterocycles. The fraction of sp³-hybridized carbons (Fsp3) is 0.240. The summed E-state index contributed by atoms with van der Waals surface area (Å²) < 4.78 is 33.9. The van der Waals surface area contributed by atoms with Gasteiger partial charge in [-0.15, -0.1) is 0 Å². The molecule has 4 aromatic rings. The van der Waals surface area contributed by atoms with Crippen LogP contribution in [0, 0.1) is 11.6 Å². The van der Waals surface area contributed by atoms with Crippen molar-refractivity contribution in [3.63, 3.8) is 0 Å². The number of aromatic nitrogens is 3. The number of carbonyl (C=O) groups is 2. The maximum absolute atomic E-state index is 15.5. The van der Waals surface area contributed by atoms with Gasteiger partial charge >= 0.3 is 41.5 Å². The number of aryl methyl sites for hydroxylation is 1. The third-order valence-electron chi connectivity index (χ3n) is 6.04. The number of fused-ring (bicyclic) bond motifs is 1. The molecular weight excluding hydrogens is 535 g/mol. The van der Waals surface area contributed by atoms with Gasteiger partial charge in [0.15, 0.2) is 11.6 Å². The molecule has 0 atom stereocenters.